The van der Waals surface area contributed by atoms with Crippen molar-refractivity contribution in [1.82, 2.24) is 10.2 Å². The molecule has 1 saturated heterocycles. The number of piperidine rings is 1. The third-order valence-electron chi connectivity index (χ3n) is 4.48. The Bertz CT molecular complexity index is 574. The van der Waals surface area contributed by atoms with E-state index in [2.05, 4.69) is 12.2 Å². The van der Waals surface area contributed by atoms with Crippen molar-refractivity contribution in [2.45, 2.75) is 45.6 Å². The van der Waals surface area contributed by atoms with Gasteiger partial charge < -0.3 is 19.7 Å². The van der Waals surface area contributed by atoms with Crippen LogP contribution in [0.15, 0.2) is 12.1 Å². The van der Waals surface area contributed by atoms with E-state index in [1.165, 1.54) is 0 Å². The normalized spacial score (nSPS) is 15.0. The van der Waals surface area contributed by atoms with Gasteiger partial charge in [0.2, 0.25) is 0 Å². The number of halogens is 1. The molecule has 5 nitrogen and oxygen atoms in total. The molecule has 6 heteroatoms. The van der Waals surface area contributed by atoms with Crippen molar-refractivity contribution in [2.75, 3.05) is 33.4 Å². The molecule has 1 aromatic carbocycles. The van der Waals surface area contributed by atoms with Gasteiger partial charge in [-0.05, 0) is 51.4 Å². The summed E-state index contributed by atoms with van der Waals surface area (Å²) in [7, 11) is 1.86. The SMILES string of the molecule is CCCCOc1c(Cl)cc(C(=O)N(C)C2CCNCC2)cc1OCC. The van der Waals surface area contributed by atoms with Crippen molar-refractivity contribution in [3.05, 3.63) is 22.7 Å². The van der Waals surface area contributed by atoms with Gasteiger partial charge in [0.1, 0.15) is 0 Å². The van der Waals surface area contributed by atoms with Crippen LogP contribution >= 0.6 is 11.6 Å². The molecule has 0 saturated carbocycles. The second kappa shape index (κ2) is 9.88. The standard InChI is InChI=1S/C19H29ClN2O3/c1-4-6-11-25-18-16(20)12-14(13-17(18)24-5-2)19(23)22(3)15-7-9-21-10-8-15/h12-13,15,21H,4-11H2,1-3H3. The molecular formula is C19H29ClN2O3. The van der Waals surface area contributed by atoms with E-state index in [0.29, 0.717) is 35.3 Å². The van der Waals surface area contributed by atoms with Crippen LogP contribution in [0.5, 0.6) is 11.5 Å². The molecule has 1 amide bonds. The number of nitrogens with zero attached hydrogens (tertiary/aromatic N) is 1. The molecule has 0 bridgehead atoms. The van der Waals surface area contributed by atoms with Crippen LogP contribution in [-0.4, -0.2) is 50.2 Å². The van der Waals surface area contributed by atoms with Gasteiger partial charge in [0, 0.05) is 18.7 Å². The summed E-state index contributed by atoms with van der Waals surface area (Å²) in [6, 6.07) is 3.69. The summed E-state index contributed by atoms with van der Waals surface area (Å²) in [4.78, 5) is 14.7. The number of benzene rings is 1. The largest absolute Gasteiger partial charge is 0.490 e. The van der Waals surface area contributed by atoms with E-state index in [-0.39, 0.29) is 11.9 Å². The number of amides is 1. The number of nitrogens with one attached hydrogen (secondary N) is 1. The van der Waals surface area contributed by atoms with Crippen molar-refractivity contribution in [2.24, 2.45) is 0 Å². The third-order valence-corrected chi connectivity index (χ3v) is 4.76. The number of ether oxygens (including phenoxy) is 2. The van der Waals surface area contributed by atoms with Gasteiger partial charge in [-0.1, -0.05) is 24.9 Å². The third kappa shape index (κ3) is 5.25. The van der Waals surface area contributed by atoms with Gasteiger partial charge in [0.15, 0.2) is 11.5 Å². The van der Waals surface area contributed by atoms with Crippen LogP contribution in [-0.2, 0) is 0 Å². The molecule has 0 aromatic heterocycles. The highest BCUT2D eigenvalue weighted by Crippen LogP contribution is 2.37. The second-order valence-corrected chi connectivity index (χ2v) is 6.72. The number of hydrogen-bond donors (Lipinski definition) is 1. The van der Waals surface area contributed by atoms with Crippen molar-refractivity contribution >= 4 is 17.5 Å². The Balaban J connectivity index is 2.20. The summed E-state index contributed by atoms with van der Waals surface area (Å²) in [6.45, 7) is 6.96. The predicted molar refractivity (Wildman–Crippen MR) is 101 cm³/mol. The highest BCUT2D eigenvalue weighted by Gasteiger charge is 2.24. The number of unbranched alkanes of at least 4 members (excludes halogenated alkanes) is 1. The molecule has 0 unspecified atom stereocenters. The maximum Gasteiger partial charge on any atom is 0.254 e. The van der Waals surface area contributed by atoms with Crippen molar-refractivity contribution in [3.63, 3.8) is 0 Å². The van der Waals surface area contributed by atoms with Crippen LogP contribution < -0.4 is 14.8 Å². The van der Waals surface area contributed by atoms with E-state index in [4.69, 9.17) is 21.1 Å². The van der Waals surface area contributed by atoms with E-state index in [1.54, 1.807) is 12.1 Å². The summed E-state index contributed by atoms with van der Waals surface area (Å²) in [5.41, 5.74) is 0.539. The first-order chi connectivity index (χ1) is 12.1. The lowest BCUT2D eigenvalue weighted by Crippen LogP contribution is -2.43. The van der Waals surface area contributed by atoms with Gasteiger partial charge in [0.05, 0.1) is 18.2 Å². The number of carbonyl (C=O) groups is 1. The zero-order valence-electron chi connectivity index (χ0n) is 15.4. The molecule has 1 heterocycles. The second-order valence-electron chi connectivity index (χ2n) is 6.32. The predicted octanol–water partition coefficient (Wildman–Crippen LogP) is 3.74. The van der Waals surface area contributed by atoms with Crippen LogP contribution in [0.2, 0.25) is 5.02 Å². The van der Waals surface area contributed by atoms with E-state index in [1.807, 2.05) is 18.9 Å². The van der Waals surface area contributed by atoms with Crippen LogP contribution in [0.1, 0.15) is 49.9 Å². The first-order valence-corrected chi connectivity index (χ1v) is 9.53. The molecule has 0 atom stereocenters. The summed E-state index contributed by atoms with van der Waals surface area (Å²) < 4.78 is 11.5. The minimum atomic E-state index is -0.0325. The molecule has 2 rings (SSSR count). The molecule has 0 radical (unpaired) electrons. The van der Waals surface area contributed by atoms with Crippen LogP contribution in [0.4, 0.5) is 0 Å². The zero-order chi connectivity index (χ0) is 18.2. The van der Waals surface area contributed by atoms with Gasteiger partial charge in [0.25, 0.3) is 5.91 Å². The average molecular weight is 369 g/mol. The minimum absolute atomic E-state index is 0.0325. The fourth-order valence-corrected chi connectivity index (χ4v) is 3.24. The highest BCUT2D eigenvalue weighted by molar-refractivity contribution is 6.32. The van der Waals surface area contributed by atoms with Crippen LogP contribution in [0, 0.1) is 0 Å². The molecule has 0 aliphatic carbocycles. The molecule has 25 heavy (non-hydrogen) atoms. The molecule has 1 aliphatic heterocycles. The lowest BCUT2D eigenvalue weighted by molar-refractivity contribution is 0.0702. The first kappa shape index (κ1) is 19.9. The molecule has 1 fully saturated rings. The average Bonchev–Trinajstić information content (AvgIpc) is 2.63. The lowest BCUT2D eigenvalue weighted by atomic mass is 10.0. The minimum Gasteiger partial charge on any atom is -0.490 e. The molecule has 140 valence electrons. The summed E-state index contributed by atoms with van der Waals surface area (Å²) in [5.74, 6) is 1.03. The maximum absolute atomic E-state index is 12.9. The fraction of sp³-hybridized carbons (Fsp3) is 0.632. The Hall–Kier alpha value is -1.46. The van der Waals surface area contributed by atoms with Crippen molar-refractivity contribution < 1.29 is 14.3 Å². The lowest BCUT2D eigenvalue weighted by Gasteiger charge is -2.32. The molecule has 0 spiro atoms. The van der Waals surface area contributed by atoms with E-state index >= 15 is 0 Å². The summed E-state index contributed by atoms with van der Waals surface area (Å²) in [5, 5.41) is 3.74. The smallest absolute Gasteiger partial charge is 0.254 e. The molecule has 1 aromatic rings. The monoisotopic (exact) mass is 368 g/mol. The van der Waals surface area contributed by atoms with Gasteiger partial charge in [-0.3, -0.25) is 4.79 Å². The Labute approximate surface area is 155 Å². The summed E-state index contributed by atoms with van der Waals surface area (Å²) in [6.07, 6.45) is 3.92. The van der Waals surface area contributed by atoms with Crippen LogP contribution in [0.25, 0.3) is 0 Å². The van der Waals surface area contributed by atoms with Gasteiger partial charge >= 0.3 is 0 Å². The van der Waals surface area contributed by atoms with Gasteiger partial charge in [-0.2, -0.15) is 0 Å². The number of hydrogen-bond acceptors (Lipinski definition) is 4. The van der Waals surface area contributed by atoms with E-state index < -0.39 is 0 Å². The zero-order valence-corrected chi connectivity index (χ0v) is 16.2. The molecule has 1 N–H and O–H groups in total. The van der Waals surface area contributed by atoms with Gasteiger partial charge in [-0.25, -0.2) is 0 Å². The number of rotatable bonds is 8. The van der Waals surface area contributed by atoms with Gasteiger partial charge in [-0.15, -0.1) is 0 Å². The van der Waals surface area contributed by atoms with Crippen molar-refractivity contribution in [1.29, 1.82) is 0 Å². The Morgan fingerprint density at radius 1 is 1.28 bits per heavy atom. The van der Waals surface area contributed by atoms with Crippen LogP contribution in [0.3, 0.4) is 0 Å². The molecular weight excluding hydrogens is 340 g/mol. The quantitative estimate of drug-likeness (QED) is 0.710. The Morgan fingerprint density at radius 3 is 2.64 bits per heavy atom. The highest BCUT2D eigenvalue weighted by atomic mass is 35.5. The maximum atomic E-state index is 12.9. The topological polar surface area (TPSA) is 50.8 Å². The Morgan fingerprint density at radius 2 is 2.00 bits per heavy atom. The Kier molecular flexibility index (Phi) is 7.85. The molecule has 1 aliphatic rings. The number of carbonyl (C=O) groups excluding carboxylic acids is 1. The first-order valence-electron chi connectivity index (χ1n) is 9.15. The van der Waals surface area contributed by atoms with E-state index in [0.717, 1.165) is 38.8 Å². The summed E-state index contributed by atoms with van der Waals surface area (Å²) >= 11 is 6.40. The fourth-order valence-electron chi connectivity index (χ4n) is 2.98. The van der Waals surface area contributed by atoms with E-state index in [9.17, 15) is 4.79 Å². The van der Waals surface area contributed by atoms with Crippen molar-refractivity contribution in [3.8, 4) is 11.5 Å².